The lowest BCUT2D eigenvalue weighted by Crippen LogP contribution is -2.26. The number of fused-ring (bicyclic) bond motifs is 2. The van der Waals surface area contributed by atoms with E-state index < -0.39 is 0 Å². The molecule has 1 aromatic heterocycles. The predicted molar refractivity (Wildman–Crippen MR) is 65.3 cm³/mol. The van der Waals surface area contributed by atoms with Crippen LogP contribution in [0, 0.1) is 0 Å². The molecule has 88 valence electrons. The minimum absolute atomic E-state index is 0.101. The summed E-state index contributed by atoms with van der Waals surface area (Å²) < 4.78 is 11.1. The van der Waals surface area contributed by atoms with Gasteiger partial charge in [-0.05, 0) is 18.6 Å². The van der Waals surface area contributed by atoms with Crippen LogP contribution in [0.1, 0.15) is 17.7 Å². The van der Waals surface area contributed by atoms with E-state index in [1.165, 1.54) is 0 Å². The second-order valence-electron chi connectivity index (χ2n) is 4.43. The van der Waals surface area contributed by atoms with Gasteiger partial charge in [0.1, 0.15) is 11.3 Å². The van der Waals surface area contributed by atoms with Crippen molar-refractivity contribution in [1.82, 2.24) is 0 Å². The Morgan fingerprint density at radius 2 is 2.18 bits per heavy atom. The standard InChI is InChI=1S/C14H14O3/c1-16-9-6-7-13-11(8-9)14(15)10-4-2-3-5-12(10)17-13/h2-5,9H,6-8H2,1H3/t9-/m1/s1. The van der Waals surface area contributed by atoms with Crippen LogP contribution < -0.4 is 5.43 Å². The van der Waals surface area contributed by atoms with Crippen LogP contribution in [-0.2, 0) is 17.6 Å². The Morgan fingerprint density at radius 1 is 1.35 bits per heavy atom. The monoisotopic (exact) mass is 230 g/mol. The maximum Gasteiger partial charge on any atom is 0.196 e. The summed E-state index contributed by atoms with van der Waals surface area (Å²) in [6, 6.07) is 7.41. The maximum absolute atomic E-state index is 12.3. The molecule has 1 aromatic carbocycles. The van der Waals surface area contributed by atoms with E-state index in [2.05, 4.69) is 0 Å². The normalized spacial score (nSPS) is 19.2. The van der Waals surface area contributed by atoms with Gasteiger partial charge >= 0.3 is 0 Å². The van der Waals surface area contributed by atoms with Crippen LogP contribution in [0.2, 0.25) is 0 Å². The molecule has 0 unspecified atom stereocenters. The molecular weight excluding hydrogens is 216 g/mol. The van der Waals surface area contributed by atoms with Gasteiger partial charge in [0.2, 0.25) is 0 Å². The average molecular weight is 230 g/mol. The third kappa shape index (κ3) is 1.67. The Balaban J connectivity index is 2.23. The molecule has 0 N–H and O–H groups in total. The van der Waals surface area contributed by atoms with Gasteiger partial charge in [0, 0.05) is 25.5 Å². The second-order valence-corrected chi connectivity index (χ2v) is 4.43. The highest BCUT2D eigenvalue weighted by molar-refractivity contribution is 5.77. The summed E-state index contributed by atoms with van der Waals surface area (Å²) >= 11 is 0. The molecule has 1 aliphatic carbocycles. The molecule has 3 rings (SSSR count). The molecular formula is C14H14O3. The Kier molecular flexibility index (Phi) is 2.48. The van der Waals surface area contributed by atoms with Crippen molar-refractivity contribution in [1.29, 1.82) is 0 Å². The van der Waals surface area contributed by atoms with Gasteiger partial charge in [0.25, 0.3) is 0 Å². The molecule has 1 atom stereocenters. The van der Waals surface area contributed by atoms with Crippen molar-refractivity contribution >= 4 is 11.0 Å². The van der Waals surface area contributed by atoms with Gasteiger partial charge in [-0.15, -0.1) is 0 Å². The molecule has 0 radical (unpaired) electrons. The summed E-state index contributed by atoms with van der Waals surface area (Å²) in [5.74, 6) is 0.835. The fraction of sp³-hybridized carbons (Fsp3) is 0.357. The van der Waals surface area contributed by atoms with E-state index in [0.717, 1.165) is 24.2 Å². The van der Waals surface area contributed by atoms with Crippen molar-refractivity contribution < 1.29 is 9.15 Å². The number of methoxy groups -OCH3 is 1. The molecule has 0 bridgehead atoms. The van der Waals surface area contributed by atoms with E-state index in [4.69, 9.17) is 9.15 Å². The van der Waals surface area contributed by atoms with Crippen molar-refractivity contribution in [3.63, 3.8) is 0 Å². The fourth-order valence-electron chi connectivity index (χ4n) is 2.46. The minimum Gasteiger partial charge on any atom is -0.461 e. The van der Waals surface area contributed by atoms with Gasteiger partial charge in [-0.3, -0.25) is 4.79 Å². The first kappa shape index (κ1) is 10.5. The molecule has 3 heteroatoms. The van der Waals surface area contributed by atoms with Crippen LogP contribution in [0.5, 0.6) is 0 Å². The molecule has 1 heterocycles. The fourth-order valence-corrected chi connectivity index (χ4v) is 2.46. The zero-order valence-electron chi connectivity index (χ0n) is 9.73. The van der Waals surface area contributed by atoms with Gasteiger partial charge in [0.15, 0.2) is 5.43 Å². The van der Waals surface area contributed by atoms with Crippen molar-refractivity contribution in [3.05, 3.63) is 45.8 Å². The van der Waals surface area contributed by atoms with Gasteiger partial charge in [-0.2, -0.15) is 0 Å². The number of aryl methyl sites for hydroxylation is 1. The summed E-state index contributed by atoms with van der Waals surface area (Å²) in [5.41, 5.74) is 1.58. The lowest BCUT2D eigenvalue weighted by atomic mass is 9.93. The number of hydrogen-bond acceptors (Lipinski definition) is 3. The van der Waals surface area contributed by atoms with Crippen LogP contribution >= 0.6 is 0 Å². The highest BCUT2D eigenvalue weighted by atomic mass is 16.5. The summed E-state index contributed by atoms with van der Waals surface area (Å²) in [7, 11) is 1.69. The summed E-state index contributed by atoms with van der Waals surface area (Å²) in [6.45, 7) is 0. The molecule has 17 heavy (non-hydrogen) atoms. The summed E-state index contributed by atoms with van der Waals surface area (Å²) in [6.07, 6.45) is 2.52. The lowest BCUT2D eigenvalue weighted by molar-refractivity contribution is 0.0877. The minimum atomic E-state index is 0.101. The third-order valence-corrected chi connectivity index (χ3v) is 3.43. The third-order valence-electron chi connectivity index (χ3n) is 3.43. The largest absolute Gasteiger partial charge is 0.461 e. The average Bonchev–Trinajstić information content (AvgIpc) is 2.39. The van der Waals surface area contributed by atoms with Crippen molar-refractivity contribution in [3.8, 4) is 0 Å². The van der Waals surface area contributed by atoms with Gasteiger partial charge in [-0.25, -0.2) is 0 Å². The lowest BCUT2D eigenvalue weighted by Gasteiger charge is -2.21. The van der Waals surface area contributed by atoms with E-state index in [1.807, 2.05) is 24.3 Å². The van der Waals surface area contributed by atoms with E-state index in [1.54, 1.807) is 7.11 Å². The molecule has 0 saturated carbocycles. The highest BCUT2D eigenvalue weighted by Gasteiger charge is 2.23. The summed E-state index contributed by atoms with van der Waals surface area (Å²) in [4.78, 5) is 12.3. The molecule has 0 aliphatic heterocycles. The molecule has 0 saturated heterocycles. The predicted octanol–water partition coefficient (Wildman–Crippen LogP) is 2.30. The molecule has 0 fully saturated rings. The number of ether oxygens (including phenoxy) is 1. The van der Waals surface area contributed by atoms with Gasteiger partial charge < -0.3 is 9.15 Å². The van der Waals surface area contributed by atoms with Crippen LogP contribution in [-0.4, -0.2) is 13.2 Å². The number of benzene rings is 1. The molecule has 1 aliphatic rings. The first-order chi connectivity index (χ1) is 8.29. The second kappa shape index (κ2) is 4.00. The molecule has 3 nitrogen and oxygen atoms in total. The Morgan fingerprint density at radius 3 is 3.00 bits per heavy atom. The zero-order chi connectivity index (χ0) is 11.8. The van der Waals surface area contributed by atoms with Crippen LogP contribution in [0.4, 0.5) is 0 Å². The van der Waals surface area contributed by atoms with Crippen molar-refractivity contribution in [2.75, 3.05) is 7.11 Å². The van der Waals surface area contributed by atoms with Gasteiger partial charge in [0.05, 0.1) is 11.5 Å². The number of rotatable bonds is 1. The van der Waals surface area contributed by atoms with Crippen molar-refractivity contribution in [2.45, 2.75) is 25.4 Å². The first-order valence-corrected chi connectivity index (χ1v) is 5.86. The smallest absolute Gasteiger partial charge is 0.196 e. The van der Waals surface area contributed by atoms with Crippen LogP contribution in [0.15, 0.2) is 33.5 Å². The molecule has 0 amide bonds. The number of hydrogen-bond donors (Lipinski definition) is 0. The van der Waals surface area contributed by atoms with Gasteiger partial charge in [-0.1, -0.05) is 12.1 Å². The topological polar surface area (TPSA) is 39.4 Å². The Labute approximate surface area is 99.0 Å². The molecule has 0 spiro atoms. The highest BCUT2D eigenvalue weighted by Crippen LogP contribution is 2.24. The van der Waals surface area contributed by atoms with E-state index in [-0.39, 0.29) is 11.5 Å². The zero-order valence-corrected chi connectivity index (χ0v) is 9.73. The van der Waals surface area contributed by atoms with Crippen molar-refractivity contribution in [2.24, 2.45) is 0 Å². The summed E-state index contributed by atoms with van der Waals surface area (Å²) in [5, 5.41) is 0.669. The Bertz CT molecular complexity index is 612. The van der Waals surface area contributed by atoms with E-state index in [0.29, 0.717) is 17.4 Å². The number of para-hydroxylation sites is 1. The van der Waals surface area contributed by atoms with E-state index in [9.17, 15) is 4.79 Å². The molecule has 2 aromatic rings. The quantitative estimate of drug-likeness (QED) is 0.754. The van der Waals surface area contributed by atoms with Crippen LogP contribution in [0.3, 0.4) is 0 Å². The van der Waals surface area contributed by atoms with Crippen LogP contribution in [0.25, 0.3) is 11.0 Å². The Hall–Kier alpha value is -1.61. The van der Waals surface area contributed by atoms with E-state index >= 15 is 0 Å². The first-order valence-electron chi connectivity index (χ1n) is 5.86. The SMILES string of the molecule is CO[C@@H]1CCc2oc3ccccc3c(=O)c2C1. The maximum atomic E-state index is 12.3.